The number of rotatable bonds is 5. The van der Waals surface area contributed by atoms with Crippen LogP contribution in [-0.2, 0) is 6.42 Å². The number of nitrogens with one attached hydrogen (secondary N) is 2. The Kier molecular flexibility index (Phi) is 4.95. The van der Waals surface area contributed by atoms with Crippen molar-refractivity contribution in [2.45, 2.75) is 13.3 Å². The minimum atomic E-state index is -0.405. The zero-order chi connectivity index (χ0) is 17.6. The van der Waals surface area contributed by atoms with Gasteiger partial charge in [0.25, 0.3) is 11.8 Å². The van der Waals surface area contributed by atoms with Crippen molar-refractivity contribution in [1.82, 2.24) is 0 Å². The lowest BCUT2D eigenvalue weighted by Crippen LogP contribution is -2.18. The molecule has 0 aliphatic heterocycles. The van der Waals surface area contributed by atoms with Gasteiger partial charge in [0, 0.05) is 5.69 Å². The van der Waals surface area contributed by atoms with Crippen molar-refractivity contribution >= 4 is 23.2 Å². The first-order valence-electron chi connectivity index (χ1n) is 8.01. The molecule has 2 N–H and O–H groups in total. The van der Waals surface area contributed by atoms with Crippen molar-refractivity contribution in [1.29, 1.82) is 0 Å². The zero-order valence-electron chi connectivity index (χ0n) is 13.8. The predicted molar refractivity (Wildman–Crippen MR) is 96.9 cm³/mol. The van der Waals surface area contributed by atoms with E-state index in [1.54, 1.807) is 36.4 Å². The van der Waals surface area contributed by atoms with Crippen molar-refractivity contribution < 1.29 is 14.0 Å². The first-order chi connectivity index (χ1) is 12.2. The average Bonchev–Trinajstić information content (AvgIpc) is 3.17. The van der Waals surface area contributed by atoms with Gasteiger partial charge in [0.05, 0.1) is 17.5 Å². The quantitative estimate of drug-likeness (QED) is 0.729. The summed E-state index contributed by atoms with van der Waals surface area (Å²) in [5.41, 5.74) is 2.70. The summed E-state index contributed by atoms with van der Waals surface area (Å²) in [7, 11) is 0. The Balaban J connectivity index is 1.77. The molecule has 0 spiro atoms. The highest BCUT2D eigenvalue weighted by Gasteiger charge is 2.15. The van der Waals surface area contributed by atoms with Gasteiger partial charge in [0.15, 0.2) is 5.76 Å². The van der Waals surface area contributed by atoms with Gasteiger partial charge in [-0.15, -0.1) is 0 Å². The Bertz CT molecular complexity index is 868. The van der Waals surface area contributed by atoms with E-state index in [9.17, 15) is 9.59 Å². The van der Waals surface area contributed by atoms with Gasteiger partial charge in [-0.25, -0.2) is 0 Å². The zero-order valence-corrected chi connectivity index (χ0v) is 13.8. The fraction of sp³-hybridized carbons (Fsp3) is 0.100. The number of hydrogen-bond donors (Lipinski definition) is 2. The number of para-hydroxylation sites is 1. The SMILES string of the molecule is CCc1ccc(NC(=O)c2ccccc2NC(=O)c2ccco2)cc1. The highest BCUT2D eigenvalue weighted by molar-refractivity contribution is 6.11. The molecular formula is C20H18N2O3. The molecule has 126 valence electrons. The third-order valence-electron chi connectivity index (χ3n) is 3.78. The molecule has 0 fully saturated rings. The molecule has 0 aliphatic rings. The van der Waals surface area contributed by atoms with Crippen LogP contribution < -0.4 is 10.6 Å². The van der Waals surface area contributed by atoms with E-state index < -0.39 is 5.91 Å². The van der Waals surface area contributed by atoms with E-state index in [1.807, 2.05) is 24.3 Å². The van der Waals surface area contributed by atoms with Crippen LogP contribution in [0.3, 0.4) is 0 Å². The van der Waals surface area contributed by atoms with Crippen LogP contribution in [0.25, 0.3) is 0 Å². The largest absolute Gasteiger partial charge is 0.459 e. The van der Waals surface area contributed by atoms with Gasteiger partial charge in [-0.3, -0.25) is 9.59 Å². The molecule has 1 heterocycles. The summed E-state index contributed by atoms with van der Waals surface area (Å²) in [6.07, 6.45) is 2.36. The summed E-state index contributed by atoms with van der Waals surface area (Å²) in [6.45, 7) is 2.07. The molecule has 25 heavy (non-hydrogen) atoms. The van der Waals surface area contributed by atoms with Gasteiger partial charge in [-0.05, 0) is 48.4 Å². The van der Waals surface area contributed by atoms with Crippen molar-refractivity contribution in [2.24, 2.45) is 0 Å². The number of anilines is 2. The molecular weight excluding hydrogens is 316 g/mol. The molecule has 1 aromatic heterocycles. The van der Waals surface area contributed by atoms with E-state index in [1.165, 1.54) is 11.8 Å². The van der Waals surface area contributed by atoms with E-state index in [0.717, 1.165) is 6.42 Å². The third kappa shape index (κ3) is 3.95. The van der Waals surface area contributed by atoms with E-state index in [2.05, 4.69) is 17.6 Å². The van der Waals surface area contributed by atoms with Gasteiger partial charge in [-0.2, -0.15) is 0 Å². The van der Waals surface area contributed by atoms with Crippen molar-refractivity contribution in [2.75, 3.05) is 10.6 Å². The summed E-state index contributed by atoms with van der Waals surface area (Å²) in [5.74, 6) is -0.512. The molecule has 2 aromatic carbocycles. The first-order valence-corrected chi connectivity index (χ1v) is 8.01. The molecule has 0 radical (unpaired) electrons. The maximum absolute atomic E-state index is 12.6. The molecule has 5 nitrogen and oxygen atoms in total. The number of benzene rings is 2. The number of carbonyl (C=O) groups excluding carboxylic acids is 2. The second-order valence-corrected chi connectivity index (χ2v) is 5.48. The Morgan fingerprint density at radius 3 is 2.32 bits per heavy atom. The minimum Gasteiger partial charge on any atom is -0.459 e. The van der Waals surface area contributed by atoms with E-state index >= 15 is 0 Å². The fourth-order valence-electron chi connectivity index (χ4n) is 2.40. The van der Waals surface area contributed by atoms with Crippen molar-refractivity contribution in [3.05, 3.63) is 83.8 Å². The smallest absolute Gasteiger partial charge is 0.291 e. The first kappa shape index (κ1) is 16.5. The minimum absolute atomic E-state index is 0.186. The van der Waals surface area contributed by atoms with Gasteiger partial charge < -0.3 is 15.1 Å². The maximum Gasteiger partial charge on any atom is 0.291 e. The highest BCUT2D eigenvalue weighted by atomic mass is 16.3. The van der Waals surface area contributed by atoms with Crippen LogP contribution in [-0.4, -0.2) is 11.8 Å². The van der Waals surface area contributed by atoms with Crippen LogP contribution in [0.15, 0.2) is 71.3 Å². The second kappa shape index (κ2) is 7.49. The van der Waals surface area contributed by atoms with Crippen LogP contribution in [0.4, 0.5) is 11.4 Å². The molecule has 2 amide bonds. The summed E-state index contributed by atoms with van der Waals surface area (Å²) in [6, 6.07) is 17.7. The Labute approximate surface area is 145 Å². The summed E-state index contributed by atoms with van der Waals surface area (Å²) >= 11 is 0. The van der Waals surface area contributed by atoms with E-state index in [-0.39, 0.29) is 11.7 Å². The number of carbonyl (C=O) groups is 2. The van der Waals surface area contributed by atoms with Crippen LogP contribution >= 0.6 is 0 Å². The molecule has 0 saturated carbocycles. The Morgan fingerprint density at radius 2 is 1.64 bits per heavy atom. The standard InChI is InChI=1S/C20H18N2O3/c1-2-14-9-11-15(12-10-14)21-19(23)16-6-3-4-7-17(16)22-20(24)18-8-5-13-25-18/h3-13H,2H2,1H3,(H,21,23)(H,22,24). The normalized spacial score (nSPS) is 10.3. The number of amides is 2. The van der Waals surface area contributed by atoms with Gasteiger partial charge >= 0.3 is 0 Å². The number of hydrogen-bond acceptors (Lipinski definition) is 3. The molecule has 0 aliphatic carbocycles. The lowest BCUT2D eigenvalue weighted by atomic mass is 10.1. The van der Waals surface area contributed by atoms with Crippen LogP contribution in [0.5, 0.6) is 0 Å². The van der Waals surface area contributed by atoms with Crippen LogP contribution in [0, 0.1) is 0 Å². The molecule has 0 atom stereocenters. The van der Waals surface area contributed by atoms with Gasteiger partial charge in [0.1, 0.15) is 0 Å². The monoisotopic (exact) mass is 334 g/mol. The summed E-state index contributed by atoms with van der Waals surface area (Å²) in [5, 5.41) is 5.55. The van der Waals surface area contributed by atoms with Gasteiger partial charge in [0.2, 0.25) is 0 Å². The van der Waals surface area contributed by atoms with Gasteiger partial charge in [-0.1, -0.05) is 31.2 Å². The van der Waals surface area contributed by atoms with E-state index in [0.29, 0.717) is 16.9 Å². The Hall–Kier alpha value is -3.34. The molecule has 0 bridgehead atoms. The van der Waals surface area contributed by atoms with Crippen LogP contribution in [0.1, 0.15) is 33.4 Å². The predicted octanol–water partition coefficient (Wildman–Crippen LogP) is 4.35. The molecule has 0 unspecified atom stereocenters. The Morgan fingerprint density at radius 1 is 0.880 bits per heavy atom. The molecule has 5 heteroatoms. The lowest BCUT2D eigenvalue weighted by Gasteiger charge is -2.11. The maximum atomic E-state index is 12.6. The topological polar surface area (TPSA) is 71.3 Å². The summed E-state index contributed by atoms with van der Waals surface area (Å²) < 4.78 is 5.07. The molecule has 0 saturated heterocycles. The average molecular weight is 334 g/mol. The lowest BCUT2D eigenvalue weighted by molar-refractivity contribution is 0.0996. The van der Waals surface area contributed by atoms with E-state index in [4.69, 9.17) is 4.42 Å². The second-order valence-electron chi connectivity index (χ2n) is 5.48. The van der Waals surface area contributed by atoms with Crippen molar-refractivity contribution in [3.8, 4) is 0 Å². The fourth-order valence-corrected chi connectivity index (χ4v) is 2.40. The molecule has 3 rings (SSSR count). The summed E-state index contributed by atoms with van der Waals surface area (Å²) in [4.78, 5) is 24.7. The number of furan rings is 1. The molecule has 3 aromatic rings. The number of aryl methyl sites for hydroxylation is 1. The van der Waals surface area contributed by atoms with Crippen LogP contribution in [0.2, 0.25) is 0 Å². The third-order valence-corrected chi connectivity index (χ3v) is 3.78. The van der Waals surface area contributed by atoms with Crippen molar-refractivity contribution in [3.63, 3.8) is 0 Å². The highest BCUT2D eigenvalue weighted by Crippen LogP contribution is 2.19.